The second-order valence-electron chi connectivity index (χ2n) is 4.04. The predicted molar refractivity (Wildman–Crippen MR) is 84.4 cm³/mol. The van der Waals surface area contributed by atoms with Crippen molar-refractivity contribution in [2.75, 3.05) is 11.9 Å². The van der Waals surface area contributed by atoms with Crippen LogP contribution < -0.4 is 10.1 Å². The fourth-order valence-corrected chi connectivity index (χ4v) is 2.22. The number of ether oxygens (including phenoxy) is 1. The SMILES string of the molecule is N#Cc1c(Cl)cccc1OCC(=O)Nc1ccccc1Br. The van der Waals surface area contributed by atoms with Crippen LogP contribution in [0, 0.1) is 11.3 Å². The number of benzene rings is 2. The van der Waals surface area contributed by atoms with Crippen molar-refractivity contribution in [2.45, 2.75) is 0 Å². The zero-order valence-corrected chi connectivity index (χ0v) is 13.1. The first-order valence-corrected chi connectivity index (χ1v) is 7.14. The fourth-order valence-electron chi connectivity index (χ4n) is 1.63. The minimum absolute atomic E-state index is 0.212. The topological polar surface area (TPSA) is 62.1 Å². The Bertz CT molecular complexity index is 713. The van der Waals surface area contributed by atoms with Gasteiger partial charge in [0.2, 0.25) is 0 Å². The number of nitrogens with one attached hydrogen (secondary N) is 1. The monoisotopic (exact) mass is 364 g/mol. The largest absolute Gasteiger partial charge is 0.482 e. The van der Waals surface area contributed by atoms with Crippen LogP contribution in [0.25, 0.3) is 0 Å². The van der Waals surface area contributed by atoms with E-state index >= 15 is 0 Å². The smallest absolute Gasteiger partial charge is 0.262 e. The van der Waals surface area contributed by atoms with Crippen LogP contribution in [0.15, 0.2) is 46.9 Å². The van der Waals surface area contributed by atoms with Crippen molar-refractivity contribution in [3.63, 3.8) is 0 Å². The molecule has 0 saturated heterocycles. The number of rotatable bonds is 4. The summed E-state index contributed by atoms with van der Waals surface area (Å²) in [5.41, 5.74) is 0.866. The molecule has 0 bridgehead atoms. The van der Waals surface area contributed by atoms with Gasteiger partial charge in [-0.25, -0.2) is 0 Å². The number of nitriles is 1. The van der Waals surface area contributed by atoms with Gasteiger partial charge in [-0.2, -0.15) is 5.26 Å². The van der Waals surface area contributed by atoms with E-state index in [0.29, 0.717) is 10.7 Å². The lowest BCUT2D eigenvalue weighted by atomic mass is 10.2. The normalized spacial score (nSPS) is 9.76. The average molecular weight is 366 g/mol. The molecule has 2 rings (SSSR count). The number of halogens is 2. The molecule has 2 aromatic carbocycles. The summed E-state index contributed by atoms with van der Waals surface area (Å²) in [5.74, 6) is -0.0435. The molecule has 0 unspecified atom stereocenters. The van der Waals surface area contributed by atoms with Crippen molar-refractivity contribution < 1.29 is 9.53 Å². The predicted octanol–water partition coefficient (Wildman–Crippen LogP) is 3.99. The summed E-state index contributed by atoms with van der Waals surface area (Å²) in [5, 5.41) is 12.0. The zero-order valence-electron chi connectivity index (χ0n) is 10.8. The van der Waals surface area contributed by atoms with Crippen LogP contribution in [0.3, 0.4) is 0 Å². The number of nitrogens with zero attached hydrogens (tertiary/aromatic N) is 1. The van der Waals surface area contributed by atoms with Crippen molar-refractivity contribution in [1.29, 1.82) is 5.26 Å². The molecule has 0 saturated carbocycles. The molecule has 0 aliphatic carbocycles. The lowest BCUT2D eigenvalue weighted by molar-refractivity contribution is -0.118. The second-order valence-corrected chi connectivity index (χ2v) is 5.30. The van der Waals surface area contributed by atoms with Gasteiger partial charge >= 0.3 is 0 Å². The van der Waals surface area contributed by atoms with Gasteiger partial charge in [0.05, 0.1) is 10.7 Å². The van der Waals surface area contributed by atoms with E-state index in [1.807, 2.05) is 24.3 Å². The van der Waals surface area contributed by atoms with Crippen LogP contribution in [0.1, 0.15) is 5.56 Å². The van der Waals surface area contributed by atoms with Gasteiger partial charge < -0.3 is 10.1 Å². The van der Waals surface area contributed by atoms with Gasteiger partial charge in [-0.3, -0.25) is 4.79 Å². The Morgan fingerprint density at radius 1 is 1.29 bits per heavy atom. The van der Waals surface area contributed by atoms with E-state index in [-0.39, 0.29) is 23.8 Å². The summed E-state index contributed by atoms with van der Waals surface area (Å²) in [6.45, 7) is -0.212. The highest BCUT2D eigenvalue weighted by Crippen LogP contribution is 2.25. The summed E-state index contributed by atoms with van der Waals surface area (Å²) in [4.78, 5) is 11.8. The molecule has 0 atom stereocenters. The Hall–Kier alpha value is -2.03. The van der Waals surface area contributed by atoms with Gasteiger partial charge in [0.15, 0.2) is 6.61 Å². The highest BCUT2D eigenvalue weighted by atomic mass is 79.9. The summed E-state index contributed by atoms with van der Waals surface area (Å²) < 4.78 is 6.13. The number of hydrogen-bond acceptors (Lipinski definition) is 3. The van der Waals surface area contributed by atoms with E-state index in [9.17, 15) is 4.79 Å². The second kappa shape index (κ2) is 7.11. The Balaban J connectivity index is 2.01. The average Bonchev–Trinajstić information content (AvgIpc) is 2.47. The summed E-state index contributed by atoms with van der Waals surface area (Å²) >= 11 is 9.22. The van der Waals surface area contributed by atoms with Crippen LogP contribution in [-0.2, 0) is 4.79 Å². The Kier molecular flexibility index (Phi) is 5.20. The van der Waals surface area contributed by atoms with Crippen molar-refractivity contribution in [3.8, 4) is 11.8 Å². The molecule has 21 heavy (non-hydrogen) atoms. The molecule has 0 spiro atoms. The van der Waals surface area contributed by atoms with E-state index in [1.165, 1.54) is 0 Å². The third kappa shape index (κ3) is 3.97. The number of para-hydroxylation sites is 1. The highest BCUT2D eigenvalue weighted by molar-refractivity contribution is 9.10. The molecule has 0 aromatic heterocycles. The van der Waals surface area contributed by atoms with E-state index in [1.54, 1.807) is 24.3 Å². The van der Waals surface area contributed by atoms with Crippen LogP contribution >= 0.6 is 27.5 Å². The molecule has 6 heteroatoms. The quantitative estimate of drug-likeness (QED) is 0.891. The van der Waals surface area contributed by atoms with E-state index < -0.39 is 0 Å². The molecular formula is C15H10BrClN2O2. The van der Waals surface area contributed by atoms with E-state index in [2.05, 4.69) is 21.2 Å². The standard InChI is InChI=1S/C15H10BrClN2O2/c16-11-4-1-2-6-13(11)19-15(20)9-21-14-7-3-5-12(17)10(14)8-18/h1-7H,9H2,(H,19,20). The molecule has 4 nitrogen and oxygen atoms in total. The summed E-state index contributed by atoms with van der Waals surface area (Å²) in [6.07, 6.45) is 0. The maximum Gasteiger partial charge on any atom is 0.262 e. The van der Waals surface area contributed by atoms with Crippen LogP contribution in [0.2, 0.25) is 5.02 Å². The Labute approximate surface area is 135 Å². The van der Waals surface area contributed by atoms with Gasteiger partial charge in [0.1, 0.15) is 17.4 Å². The summed E-state index contributed by atoms with van der Waals surface area (Å²) in [6, 6.07) is 14.0. The molecule has 106 valence electrons. The van der Waals surface area contributed by atoms with Crippen molar-refractivity contribution in [3.05, 3.63) is 57.5 Å². The van der Waals surface area contributed by atoms with Gasteiger partial charge in [0.25, 0.3) is 5.91 Å². The van der Waals surface area contributed by atoms with Gasteiger partial charge in [0, 0.05) is 4.47 Å². The maximum atomic E-state index is 11.8. The number of anilines is 1. The van der Waals surface area contributed by atoms with Gasteiger partial charge in [-0.05, 0) is 40.2 Å². The minimum atomic E-state index is -0.328. The van der Waals surface area contributed by atoms with E-state index in [0.717, 1.165) is 4.47 Å². The number of carbonyl (C=O) groups excluding carboxylic acids is 1. The molecule has 1 amide bonds. The van der Waals surface area contributed by atoms with Crippen molar-refractivity contribution in [2.24, 2.45) is 0 Å². The third-order valence-electron chi connectivity index (χ3n) is 2.59. The third-order valence-corrected chi connectivity index (χ3v) is 3.60. The highest BCUT2D eigenvalue weighted by Gasteiger charge is 2.10. The molecule has 0 radical (unpaired) electrons. The molecule has 0 aliphatic heterocycles. The first-order valence-electron chi connectivity index (χ1n) is 5.97. The summed E-state index contributed by atoms with van der Waals surface area (Å²) in [7, 11) is 0. The van der Waals surface area contributed by atoms with Crippen molar-refractivity contribution >= 4 is 39.1 Å². The number of amides is 1. The van der Waals surface area contributed by atoms with Gasteiger partial charge in [-0.1, -0.05) is 29.8 Å². The molecule has 0 heterocycles. The zero-order chi connectivity index (χ0) is 15.2. The van der Waals surface area contributed by atoms with Crippen LogP contribution in [-0.4, -0.2) is 12.5 Å². The molecule has 0 aliphatic rings. The van der Waals surface area contributed by atoms with E-state index in [4.69, 9.17) is 21.6 Å². The Morgan fingerprint density at radius 2 is 2.05 bits per heavy atom. The molecule has 1 N–H and O–H groups in total. The molecular weight excluding hydrogens is 356 g/mol. The first-order chi connectivity index (χ1) is 10.1. The Morgan fingerprint density at radius 3 is 2.76 bits per heavy atom. The van der Waals surface area contributed by atoms with Crippen molar-refractivity contribution in [1.82, 2.24) is 0 Å². The van der Waals surface area contributed by atoms with Crippen LogP contribution in [0.4, 0.5) is 5.69 Å². The number of hydrogen-bond donors (Lipinski definition) is 1. The first kappa shape index (κ1) is 15.4. The molecule has 0 fully saturated rings. The lowest BCUT2D eigenvalue weighted by Crippen LogP contribution is -2.20. The van der Waals surface area contributed by atoms with Gasteiger partial charge in [-0.15, -0.1) is 0 Å². The fraction of sp³-hybridized carbons (Fsp3) is 0.0667. The maximum absolute atomic E-state index is 11.8. The molecule has 2 aromatic rings. The lowest BCUT2D eigenvalue weighted by Gasteiger charge is -2.10. The number of carbonyl (C=O) groups is 1. The minimum Gasteiger partial charge on any atom is -0.482 e. The van der Waals surface area contributed by atoms with Crippen LogP contribution in [0.5, 0.6) is 5.75 Å².